The van der Waals surface area contributed by atoms with Crippen molar-refractivity contribution < 1.29 is 8.42 Å². The van der Waals surface area contributed by atoms with Crippen molar-refractivity contribution in [1.82, 2.24) is 14.7 Å². The van der Waals surface area contributed by atoms with Gasteiger partial charge in [0.2, 0.25) is 10.0 Å². The fourth-order valence-corrected chi connectivity index (χ4v) is 2.41. The van der Waals surface area contributed by atoms with Gasteiger partial charge in [-0.15, -0.1) is 0 Å². The van der Waals surface area contributed by atoms with Crippen LogP contribution in [0.4, 0.5) is 0 Å². The molecule has 0 aliphatic heterocycles. The van der Waals surface area contributed by atoms with Crippen LogP contribution < -0.4 is 4.72 Å². The molecular formula is C9H15N3O2S. The lowest BCUT2D eigenvalue weighted by molar-refractivity contribution is 0.558. The van der Waals surface area contributed by atoms with Crippen molar-refractivity contribution in [3.05, 3.63) is 24.3 Å². The Kier molecular flexibility index (Phi) is 3.76. The van der Waals surface area contributed by atoms with Crippen molar-refractivity contribution in [3.63, 3.8) is 0 Å². The predicted molar refractivity (Wildman–Crippen MR) is 57.6 cm³/mol. The second-order valence-corrected chi connectivity index (χ2v) is 5.62. The molecule has 0 radical (unpaired) electrons. The minimum atomic E-state index is -3.37. The second kappa shape index (κ2) is 4.67. The Morgan fingerprint density at radius 3 is 2.40 bits per heavy atom. The largest absolute Gasteiger partial charge is 0.261 e. The lowest BCUT2D eigenvalue weighted by Crippen LogP contribution is -2.33. The number of nitrogens with zero attached hydrogens (tertiary/aromatic N) is 2. The zero-order valence-electron chi connectivity index (χ0n) is 9.01. The Morgan fingerprint density at radius 2 is 1.93 bits per heavy atom. The van der Waals surface area contributed by atoms with Gasteiger partial charge in [-0.1, -0.05) is 0 Å². The summed E-state index contributed by atoms with van der Waals surface area (Å²) >= 11 is 0. The molecule has 1 aromatic rings. The zero-order chi connectivity index (χ0) is 11.5. The van der Waals surface area contributed by atoms with Crippen LogP contribution in [0.15, 0.2) is 18.6 Å². The summed E-state index contributed by atoms with van der Waals surface area (Å²) in [6, 6.07) is -0.117. The van der Waals surface area contributed by atoms with E-state index in [1.807, 2.05) is 0 Å². The first-order chi connectivity index (χ1) is 6.93. The van der Waals surface area contributed by atoms with Crippen molar-refractivity contribution in [2.75, 3.05) is 0 Å². The Hall–Kier alpha value is -1.01. The molecule has 0 fully saturated rings. The molecule has 1 heterocycles. The maximum Gasteiger partial charge on any atom is 0.220 e. The standard InChI is InChI=1S/C9H15N3O2S/c1-7(2)12-15(13,14)8(3)9-6-10-4-5-11-9/h4-8,12H,1-3H3. The van der Waals surface area contributed by atoms with Crippen LogP contribution in [0.1, 0.15) is 31.7 Å². The third-order valence-corrected chi connectivity index (χ3v) is 3.84. The highest BCUT2D eigenvalue weighted by molar-refractivity contribution is 7.89. The van der Waals surface area contributed by atoms with Gasteiger partial charge in [0.1, 0.15) is 5.25 Å². The van der Waals surface area contributed by atoms with E-state index in [2.05, 4.69) is 14.7 Å². The second-order valence-electron chi connectivity index (χ2n) is 3.59. The summed E-state index contributed by atoms with van der Waals surface area (Å²) in [5.74, 6) is 0. The molecule has 0 saturated heterocycles. The van der Waals surface area contributed by atoms with E-state index in [1.165, 1.54) is 18.6 Å². The molecule has 1 unspecified atom stereocenters. The highest BCUT2D eigenvalue weighted by Crippen LogP contribution is 2.17. The van der Waals surface area contributed by atoms with Crippen LogP contribution in [-0.2, 0) is 10.0 Å². The molecule has 0 aliphatic carbocycles. The van der Waals surface area contributed by atoms with Crippen LogP contribution in [-0.4, -0.2) is 24.4 Å². The molecule has 1 atom stereocenters. The first-order valence-corrected chi connectivity index (χ1v) is 6.25. The third-order valence-electron chi connectivity index (χ3n) is 1.87. The van der Waals surface area contributed by atoms with Gasteiger partial charge in [0.15, 0.2) is 0 Å². The molecule has 5 nitrogen and oxygen atoms in total. The van der Waals surface area contributed by atoms with Crippen molar-refractivity contribution >= 4 is 10.0 Å². The fourth-order valence-electron chi connectivity index (χ4n) is 1.11. The quantitative estimate of drug-likeness (QED) is 0.831. The monoisotopic (exact) mass is 229 g/mol. The molecule has 0 aromatic carbocycles. The number of rotatable bonds is 4. The van der Waals surface area contributed by atoms with E-state index in [0.29, 0.717) is 5.69 Å². The van der Waals surface area contributed by atoms with Gasteiger partial charge in [0, 0.05) is 24.6 Å². The lowest BCUT2D eigenvalue weighted by Gasteiger charge is -2.14. The van der Waals surface area contributed by atoms with Gasteiger partial charge in [-0.3, -0.25) is 9.97 Å². The van der Waals surface area contributed by atoms with Gasteiger partial charge in [-0.05, 0) is 20.8 Å². The Morgan fingerprint density at radius 1 is 1.27 bits per heavy atom. The average Bonchev–Trinajstić information content (AvgIpc) is 2.16. The van der Waals surface area contributed by atoms with E-state index < -0.39 is 15.3 Å². The van der Waals surface area contributed by atoms with Crippen LogP contribution in [0, 0.1) is 0 Å². The molecule has 6 heteroatoms. The lowest BCUT2D eigenvalue weighted by atomic mass is 10.3. The van der Waals surface area contributed by atoms with E-state index in [-0.39, 0.29) is 6.04 Å². The van der Waals surface area contributed by atoms with Crippen molar-refractivity contribution in [2.24, 2.45) is 0 Å². The van der Waals surface area contributed by atoms with E-state index in [0.717, 1.165) is 0 Å². The maximum absolute atomic E-state index is 11.8. The molecule has 0 bridgehead atoms. The van der Waals surface area contributed by atoms with Crippen molar-refractivity contribution in [1.29, 1.82) is 0 Å². The van der Waals surface area contributed by atoms with Gasteiger partial charge < -0.3 is 0 Å². The Labute approximate surface area is 90.0 Å². The average molecular weight is 229 g/mol. The third kappa shape index (κ3) is 3.24. The SMILES string of the molecule is CC(C)NS(=O)(=O)C(C)c1cnccn1. The zero-order valence-corrected chi connectivity index (χ0v) is 9.82. The smallest absolute Gasteiger partial charge is 0.220 e. The topological polar surface area (TPSA) is 72.0 Å². The Balaban J connectivity index is 2.90. The van der Waals surface area contributed by atoms with Gasteiger partial charge in [0.25, 0.3) is 0 Å². The molecule has 84 valence electrons. The first-order valence-electron chi connectivity index (χ1n) is 4.70. The van der Waals surface area contributed by atoms with E-state index in [4.69, 9.17) is 0 Å². The van der Waals surface area contributed by atoms with Crippen LogP contribution >= 0.6 is 0 Å². The molecule has 0 aliphatic rings. The van der Waals surface area contributed by atoms with Gasteiger partial charge in [-0.25, -0.2) is 13.1 Å². The summed E-state index contributed by atoms with van der Waals surface area (Å²) in [6.45, 7) is 5.15. The van der Waals surface area contributed by atoms with E-state index in [1.54, 1.807) is 20.8 Å². The summed E-state index contributed by atoms with van der Waals surface area (Å²) in [7, 11) is -3.37. The molecule has 0 spiro atoms. The molecule has 0 amide bonds. The summed E-state index contributed by atoms with van der Waals surface area (Å²) < 4.78 is 26.0. The highest BCUT2D eigenvalue weighted by atomic mass is 32.2. The van der Waals surface area contributed by atoms with Crippen molar-refractivity contribution in [2.45, 2.75) is 32.1 Å². The maximum atomic E-state index is 11.8. The molecule has 0 saturated carbocycles. The van der Waals surface area contributed by atoms with Crippen LogP contribution in [0.25, 0.3) is 0 Å². The number of sulfonamides is 1. The molecular weight excluding hydrogens is 214 g/mol. The minimum absolute atomic E-state index is 0.117. The van der Waals surface area contributed by atoms with Crippen LogP contribution in [0.3, 0.4) is 0 Å². The number of nitrogens with one attached hydrogen (secondary N) is 1. The Bertz CT molecular complexity index is 403. The summed E-state index contributed by atoms with van der Waals surface area (Å²) in [4.78, 5) is 7.81. The molecule has 1 aromatic heterocycles. The van der Waals surface area contributed by atoms with Crippen LogP contribution in [0.5, 0.6) is 0 Å². The summed E-state index contributed by atoms with van der Waals surface area (Å²) in [5.41, 5.74) is 0.450. The molecule has 15 heavy (non-hydrogen) atoms. The number of hydrogen-bond donors (Lipinski definition) is 1. The normalized spacial score (nSPS) is 14.1. The fraction of sp³-hybridized carbons (Fsp3) is 0.556. The number of hydrogen-bond acceptors (Lipinski definition) is 4. The van der Waals surface area contributed by atoms with Gasteiger partial charge in [0.05, 0.1) is 5.69 Å². The minimum Gasteiger partial charge on any atom is -0.261 e. The highest BCUT2D eigenvalue weighted by Gasteiger charge is 2.24. The first kappa shape index (κ1) is 12.1. The summed E-state index contributed by atoms with van der Waals surface area (Å²) in [5, 5.41) is -0.686. The summed E-state index contributed by atoms with van der Waals surface area (Å²) in [6.07, 6.45) is 4.46. The van der Waals surface area contributed by atoms with Crippen molar-refractivity contribution in [3.8, 4) is 0 Å². The number of aromatic nitrogens is 2. The predicted octanol–water partition coefficient (Wildman–Crippen LogP) is 0.865. The molecule has 1 N–H and O–H groups in total. The van der Waals surface area contributed by atoms with Gasteiger partial charge >= 0.3 is 0 Å². The van der Waals surface area contributed by atoms with Gasteiger partial charge in [-0.2, -0.15) is 0 Å². The van der Waals surface area contributed by atoms with Crippen LogP contribution in [0.2, 0.25) is 0 Å². The van der Waals surface area contributed by atoms with E-state index >= 15 is 0 Å². The van der Waals surface area contributed by atoms with E-state index in [9.17, 15) is 8.42 Å². The molecule has 1 rings (SSSR count).